The molecule has 0 aromatic heterocycles. The predicted octanol–water partition coefficient (Wildman–Crippen LogP) is 4.55. The quantitative estimate of drug-likeness (QED) is 0.757. The summed E-state index contributed by atoms with van der Waals surface area (Å²) in [4.78, 5) is 1.18. The van der Waals surface area contributed by atoms with Crippen LogP contribution in [0.5, 0.6) is 0 Å². The maximum Gasteiger partial charge on any atom is 0.0733 e. The normalized spacial score (nSPS) is 14.5. The number of aliphatic hydroxyl groups excluding tert-OH is 1. The molecule has 0 aliphatic rings. The van der Waals surface area contributed by atoms with Gasteiger partial charge in [-0.05, 0) is 18.1 Å². The van der Waals surface area contributed by atoms with E-state index in [4.69, 9.17) is 5.73 Å². The number of rotatable bonds is 6. The molecule has 0 saturated heterocycles. The SMILES string of the molecule is CCCC[C@@H](O)[C@@H](N)c1ccccc1SC(C)(C)C.Cl. The summed E-state index contributed by atoms with van der Waals surface area (Å²) < 4.78 is 0.143. The van der Waals surface area contributed by atoms with Crippen LogP contribution < -0.4 is 5.73 Å². The van der Waals surface area contributed by atoms with Crippen LogP contribution in [0.1, 0.15) is 58.6 Å². The first-order valence-corrected chi connectivity index (χ1v) is 7.88. The van der Waals surface area contributed by atoms with Gasteiger partial charge in [0.15, 0.2) is 0 Å². The maximum atomic E-state index is 10.2. The third-order valence-corrected chi connectivity index (χ3v) is 4.17. The highest BCUT2D eigenvalue weighted by molar-refractivity contribution is 8.00. The van der Waals surface area contributed by atoms with Gasteiger partial charge in [0.1, 0.15) is 0 Å². The van der Waals surface area contributed by atoms with Crippen molar-refractivity contribution in [3.8, 4) is 0 Å². The number of hydrogen-bond donors (Lipinski definition) is 2. The molecule has 0 unspecified atom stereocenters. The molecule has 0 spiro atoms. The van der Waals surface area contributed by atoms with Crippen LogP contribution in [-0.2, 0) is 0 Å². The van der Waals surface area contributed by atoms with Crippen LogP contribution in [-0.4, -0.2) is 16.0 Å². The third kappa shape index (κ3) is 6.49. The van der Waals surface area contributed by atoms with Crippen LogP contribution in [0.4, 0.5) is 0 Å². The average molecular weight is 318 g/mol. The number of thioether (sulfide) groups is 1. The van der Waals surface area contributed by atoms with Crippen molar-refractivity contribution >= 4 is 24.2 Å². The molecule has 0 radical (unpaired) electrons. The fourth-order valence-corrected chi connectivity index (χ4v) is 3.11. The van der Waals surface area contributed by atoms with Crippen LogP contribution >= 0.6 is 24.2 Å². The molecule has 0 bridgehead atoms. The first-order chi connectivity index (χ1) is 8.85. The Hall–Kier alpha value is -0.220. The van der Waals surface area contributed by atoms with Crippen LogP contribution in [0.3, 0.4) is 0 Å². The highest BCUT2D eigenvalue weighted by atomic mass is 35.5. The van der Waals surface area contributed by atoms with Crippen molar-refractivity contribution < 1.29 is 5.11 Å². The summed E-state index contributed by atoms with van der Waals surface area (Å²) >= 11 is 1.81. The summed E-state index contributed by atoms with van der Waals surface area (Å²) in [6, 6.07) is 7.86. The van der Waals surface area contributed by atoms with Gasteiger partial charge in [-0.15, -0.1) is 24.2 Å². The number of benzene rings is 1. The molecule has 1 rings (SSSR count). The van der Waals surface area contributed by atoms with Crippen molar-refractivity contribution in [3.05, 3.63) is 29.8 Å². The smallest absolute Gasteiger partial charge is 0.0733 e. The molecule has 2 nitrogen and oxygen atoms in total. The van der Waals surface area contributed by atoms with Gasteiger partial charge in [-0.3, -0.25) is 0 Å². The first kappa shape index (κ1) is 19.8. The highest BCUT2D eigenvalue weighted by Gasteiger charge is 2.21. The lowest BCUT2D eigenvalue weighted by Gasteiger charge is -2.25. The second-order valence-corrected chi connectivity index (χ2v) is 7.86. The molecule has 1 aromatic rings. The first-order valence-electron chi connectivity index (χ1n) is 7.06. The van der Waals surface area contributed by atoms with Gasteiger partial charge < -0.3 is 10.8 Å². The lowest BCUT2D eigenvalue weighted by atomic mass is 9.98. The number of unbranched alkanes of at least 4 members (excludes halogenated alkanes) is 1. The van der Waals surface area contributed by atoms with Gasteiger partial charge in [0.2, 0.25) is 0 Å². The Morgan fingerprint density at radius 1 is 1.25 bits per heavy atom. The summed E-state index contributed by atoms with van der Waals surface area (Å²) in [6.07, 6.45) is 2.42. The van der Waals surface area contributed by atoms with Crippen molar-refractivity contribution in [3.63, 3.8) is 0 Å². The van der Waals surface area contributed by atoms with Crippen LogP contribution in [0.25, 0.3) is 0 Å². The number of aliphatic hydroxyl groups is 1. The van der Waals surface area contributed by atoms with E-state index in [-0.39, 0.29) is 23.2 Å². The Balaban J connectivity index is 0.00000361. The molecule has 4 heteroatoms. The molecular weight excluding hydrogens is 290 g/mol. The van der Waals surface area contributed by atoms with E-state index in [2.05, 4.69) is 33.8 Å². The molecule has 0 aliphatic carbocycles. The molecule has 0 amide bonds. The van der Waals surface area contributed by atoms with E-state index in [0.29, 0.717) is 0 Å². The predicted molar refractivity (Wildman–Crippen MR) is 91.8 cm³/mol. The lowest BCUT2D eigenvalue weighted by molar-refractivity contribution is 0.131. The molecule has 0 fully saturated rings. The zero-order chi connectivity index (χ0) is 14.5. The molecule has 2 atom stereocenters. The number of hydrogen-bond acceptors (Lipinski definition) is 3. The third-order valence-electron chi connectivity index (χ3n) is 2.96. The highest BCUT2D eigenvalue weighted by Crippen LogP contribution is 2.36. The molecular formula is C16H28ClNOS. The molecule has 0 heterocycles. The number of halogens is 1. The summed E-state index contributed by atoms with van der Waals surface area (Å²) in [7, 11) is 0. The largest absolute Gasteiger partial charge is 0.391 e. The van der Waals surface area contributed by atoms with E-state index in [1.165, 1.54) is 4.90 Å². The second kappa shape index (κ2) is 8.93. The molecule has 20 heavy (non-hydrogen) atoms. The molecule has 0 aliphatic heterocycles. The Morgan fingerprint density at radius 2 is 1.85 bits per heavy atom. The summed E-state index contributed by atoms with van der Waals surface area (Å²) in [5.74, 6) is 0. The van der Waals surface area contributed by atoms with Crippen molar-refractivity contribution in [1.82, 2.24) is 0 Å². The van der Waals surface area contributed by atoms with E-state index in [9.17, 15) is 5.11 Å². The van der Waals surface area contributed by atoms with Gasteiger partial charge in [0.25, 0.3) is 0 Å². The van der Waals surface area contributed by atoms with Crippen molar-refractivity contribution in [2.45, 2.75) is 68.7 Å². The Labute approximate surface area is 133 Å². The molecule has 1 aromatic carbocycles. The molecule has 3 N–H and O–H groups in total. The fourth-order valence-electron chi connectivity index (χ4n) is 1.98. The van der Waals surface area contributed by atoms with Gasteiger partial charge in [0, 0.05) is 9.64 Å². The van der Waals surface area contributed by atoms with Gasteiger partial charge in [-0.2, -0.15) is 0 Å². The zero-order valence-electron chi connectivity index (χ0n) is 12.9. The Morgan fingerprint density at radius 3 is 2.40 bits per heavy atom. The van der Waals surface area contributed by atoms with E-state index in [1.54, 1.807) is 11.8 Å². The number of nitrogens with two attached hydrogens (primary N) is 1. The van der Waals surface area contributed by atoms with Crippen LogP contribution in [0.2, 0.25) is 0 Å². The van der Waals surface area contributed by atoms with Gasteiger partial charge in [0.05, 0.1) is 12.1 Å². The second-order valence-electron chi connectivity index (χ2n) is 5.99. The van der Waals surface area contributed by atoms with Gasteiger partial charge >= 0.3 is 0 Å². The minimum Gasteiger partial charge on any atom is -0.391 e. The van der Waals surface area contributed by atoms with Crippen LogP contribution in [0.15, 0.2) is 29.2 Å². The average Bonchev–Trinajstić information content (AvgIpc) is 2.34. The molecule has 116 valence electrons. The monoisotopic (exact) mass is 317 g/mol. The molecule has 0 saturated carbocycles. The summed E-state index contributed by atoms with van der Waals surface area (Å²) in [5, 5.41) is 10.2. The van der Waals surface area contributed by atoms with E-state index in [1.807, 2.05) is 18.2 Å². The summed E-state index contributed by atoms with van der Waals surface area (Å²) in [6.45, 7) is 8.69. The topological polar surface area (TPSA) is 46.2 Å². The van der Waals surface area contributed by atoms with Gasteiger partial charge in [-0.1, -0.05) is 58.7 Å². The van der Waals surface area contributed by atoms with Crippen molar-refractivity contribution in [2.24, 2.45) is 5.73 Å². The zero-order valence-corrected chi connectivity index (χ0v) is 14.6. The lowest BCUT2D eigenvalue weighted by Crippen LogP contribution is -2.27. The Bertz CT molecular complexity index is 392. The van der Waals surface area contributed by atoms with Crippen molar-refractivity contribution in [2.75, 3.05) is 0 Å². The minimum atomic E-state index is -0.457. The Kier molecular flexibility index (Phi) is 8.83. The van der Waals surface area contributed by atoms with E-state index in [0.717, 1.165) is 24.8 Å². The van der Waals surface area contributed by atoms with E-state index < -0.39 is 6.10 Å². The van der Waals surface area contributed by atoms with E-state index >= 15 is 0 Å². The minimum absolute atomic E-state index is 0. The standard InChI is InChI=1S/C16H27NOS.ClH/c1-5-6-10-13(18)15(17)12-9-7-8-11-14(12)19-16(2,3)4;/h7-9,11,13,15,18H,5-6,10,17H2,1-4H3;1H/t13-,15+;/m1./s1. The van der Waals surface area contributed by atoms with Crippen LogP contribution in [0, 0.1) is 0 Å². The fraction of sp³-hybridized carbons (Fsp3) is 0.625. The van der Waals surface area contributed by atoms with Crippen molar-refractivity contribution in [1.29, 1.82) is 0 Å². The maximum absolute atomic E-state index is 10.2. The van der Waals surface area contributed by atoms with Gasteiger partial charge in [-0.25, -0.2) is 0 Å². The summed E-state index contributed by atoms with van der Waals surface area (Å²) in [5.41, 5.74) is 7.30.